The lowest BCUT2D eigenvalue weighted by Crippen LogP contribution is -2.30. The highest BCUT2D eigenvalue weighted by Gasteiger charge is 2.19. The predicted molar refractivity (Wildman–Crippen MR) is 270 cm³/mol. The highest BCUT2D eigenvalue weighted by Crippen LogP contribution is 2.14. The smallest absolute Gasteiger partial charge is 0.306 e. The van der Waals surface area contributed by atoms with Crippen LogP contribution in [0.4, 0.5) is 0 Å². The van der Waals surface area contributed by atoms with Crippen LogP contribution < -0.4 is 0 Å². The van der Waals surface area contributed by atoms with Crippen molar-refractivity contribution in [2.75, 3.05) is 13.2 Å². The lowest BCUT2D eigenvalue weighted by Gasteiger charge is -2.18. The average molecular weight is 875 g/mol. The minimum atomic E-state index is -0.794. The quantitative estimate of drug-likeness (QED) is 0.0262. The summed E-state index contributed by atoms with van der Waals surface area (Å²) < 4.78 is 16.8. The van der Waals surface area contributed by atoms with Gasteiger partial charge >= 0.3 is 17.9 Å². The number of allylic oxidation sites excluding steroid dienone is 16. The number of esters is 3. The summed E-state index contributed by atoms with van der Waals surface area (Å²) in [4.78, 5) is 38.0. The van der Waals surface area contributed by atoms with Crippen LogP contribution in [-0.4, -0.2) is 37.2 Å². The summed E-state index contributed by atoms with van der Waals surface area (Å²) in [5.74, 6) is -0.934. The van der Waals surface area contributed by atoms with Gasteiger partial charge in [-0.3, -0.25) is 14.4 Å². The summed E-state index contributed by atoms with van der Waals surface area (Å²) in [6.07, 6.45) is 66.8. The predicted octanol–water partition coefficient (Wildman–Crippen LogP) is 17.0. The Bertz CT molecular complexity index is 1280. The fourth-order valence-corrected chi connectivity index (χ4v) is 6.80. The molecule has 6 nitrogen and oxygen atoms in total. The summed E-state index contributed by atoms with van der Waals surface area (Å²) in [6.45, 7) is 6.27. The van der Waals surface area contributed by atoms with E-state index in [2.05, 4.69) is 118 Å². The lowest BCUT2D eigenvalue weighted by atomic mass is 10.1. The van der Waals surface area contributed by atoms with Gasteiger partial charge in [0, 0.05) is 19.3 Å². The molecule has 358 valence electrons. The van der Waals surface area contributed by atoms with Crippen LogP contribution >= 0.6 is 0 Å². The molecule has 0 aliphatic carbocycles. The maximum absolute atomic E-state index is 12.8. The van der Waals surface area contributed by atoms with E-state index in [9.17, 15) is 14.4 Å². The van der Waals surface area contributed by atoms with Crippen molar-refractivity contribution in [2.45, 2.75) is 232 Å². The van der Waals surface area contributed by atoms with E-state index in [1.807, 2.05) is 0 Å². The van der Waals surface area contributed by atoms with Crippen molar-refractivity contribution in [3.8, 4) is 0 Å². The maximum Gasteiger partial charge on any atom is 0.306 e. The summed E-state index contributed by atoms with van der Waals surface area (Å²) in [5, 5.41) is 0. The minimum absolute atomic E-state index is 0.0941. The second-order valence-corrected chi connectivity index (χ2v) is 16.6. The highest BCUT2D eigenvalue weighted by molar-refractivity contribution is 5.71. The largest absolute Gasteiger partial charge is 0.462 e. The van der Waals surface area contributed by atoms with Crippen molar-refractivity contribution >= 4 is 17.9 Å². The third-order valence-corrected chi connectivity index (χ3v) is 10.6. The maximum atomic E-state index is 12.8. The fourth-order valence-electron chi connectivity index (χ4n) is 6.80. The number of rotatable bonds is 45. The molecule has 0 spiro atoms. The normalized spacial score (nSPS) is 12.9. The van der Waals surface area contributed by atoms with Crippen LogP contribution in [0.3, 0.4) is 0 Å². The van der Waals surface area contributed by atoms with Crippen LogP contribution in [0.5, 0.6) is 0 Å². The zero-order valence-electron chi connectivity index (χ0n) is 40.8. The number of unbranched alkanes of at least 4 members (excludes halogenated alkanes) is 18. The first-order chi connectivity index (χ1) is 31.0. The zero-order chi connectivity index (χ0) is 45.8. The third-order valence-electron chi connectivity index (χ3n) is 10.6. The van der Waals surface area contributed by atoms with Gasteiger partial charge in [0.25, 0.3) is 0 Å². The van der Waals surface area contributed by atoms with Crippen molar-refractivity contribution in [3.05, 3.63) is 97.2 Å². The Morgan fingerprint density at radius 1 is 0.317 bits per heavy atom. The second kappa shape index (κ2) is 51.0. The second-order valence-electron chi connectivity index (χ2n) is 16.6. The molecule has 0 rings (SSSR count). The van der Waals surface area contributed by atoms with E-state index < -0.39 is 6.10 Å². The molecule has 0 aromatic rings. The van der Waals surface area contributed by atoms with Gasteiger partial charge in [-0.1, -0.05) is 195 Å². The number of hydrogen-bond donors (Lipinski definition) is 0. The summed E-state index contributed by atoms with van der Waals surface area (Å²) in [5.41, 5.74) is 0. The van der Waals surface area contributed by atoms with Gasteiger partial charge in [0.2, 0.25) is 0 Å². The Balaban J connectivity index is 4.41. The Labute approximate surface area is 387 Å². The molecule has 0 aliphatic heterocycles. The molecule has 0 amide bonds. The molecule has 0 aromatic heterocycles. The topological polar surface area (TPSA) is 78.9 Å². The van der Waals surface area contributed by atoms with Gasteiger partial charge in [-0.05, 0) is 109 Å². The summed E-state index contributed by atoms with van der Waals surface area (Å²) in [6, 6.07) is 0. The van der Waals surface area contributed by atoms with E-state index in [1.54, 1.807) is 0 Å². The van der Waals surface area contributed by atoms with Crippen LogP contribution in [-0.2, 0) is 28.6 Å². The van der Waals surface area contributed by atoms with Crippen molar-refractivity contribution in [3.63, 3.8) is 0 Å². The molecule has 0 radical (unpaired) electrons. The molecule has 0 saturated heterocycles. The van der Waals surface area contributed by atoms with Crippen molar-refractivity contribution in [2.24, 2.45) is 0 Å². The van der Waals surface area contributed by atoms with Gasteiger partial charge < -0.3 is 14.2 Å². The van der Waals surface area contributed by atoms with E-state index in [4.69, 9.17) is 14.2 Å². The Morgan fingerprint density at radius 3 is 0.889 bits per heavy atom. The monoisotopic (exact) mass is 875 g/mol. The first-order valence-electron chi connectivity index (χ1n) is 25.7. The Morgan fingerprint density at radius 2 is 0.571 bits per heavy atom. The molecule has 0 aliphatic rings. The average Bonchev–Trinajstić information content (AvgIpc) is 3.28. The molecule has 63 heavy (non-hydrogen) atoms. The summed E-state index contributed by atoms with van der Waals surface area (Å²) in [7, 11) is 0. The first-order valence-corrected chi connectivity index (χ1v) is 25.7. The molecular weight excluding hydrogens is 781 g/mol. The number of hydrogen-bond acceptors (Lipinski definition) is 6. The third kappa shape index (κ3) is 49.2. The van der Waals surface area contributed by atoms with Crippen LogP contribution in [0.1, 0.15) is 226 Å². The van der Waals surface area contributed by atoms with Crippen LogP contribution in [0.25, 0.3) is 0 Å². The standard InChI is InChI=1S/C57H94O6/c1-4-7-10-13-16-19-22-25-27-28-29-30-31-33-35-38-41-44-47-50-56(59)62-53-54(52-61-55(58)49-46-43-40-37-34-24-21-18-15-12-9-6-3)63-57(60)51-48-45-42-39-36-32-26-23-20-17-14-11-8-5-2/h7-12,16-21,25,27,29-30,54H,4-6,13-15,22-24,26,28,31-53H2,1-3H3/b10-7-,11-8-,12-9-,19-16-,20-17-,21-18-,27-25-,30-29-. The highest BCUT2D eigenvalue weighted by atomic mass is 16.6. The number of carbonyl (C=O) groups is 3. The lowest BCUT2D eigenvalue weighted by molar-refractivity contribution is -0.167. The van der Waals surface area contributed by atoms with Gasteiger partial charge in [-0.15, -0.1) is 0 Å². The van der Waals surface area contributed by atoms with Gasteiger partial charge in [0.05, 0.1) is 0 Å². The van der Waals surface area contributed by atoms with E-state index in [0.717, 1.165) is 148 Å². The number of ether oxygens (including phenoxy) is 3. The van der Waals surface area contributed by atoms with Crippen molar-refractivity contribution in [1.29, 1.82) is 0 Å². The fraction of sp³-hybridized carbons (Fsp3) is 0.667. The van der Waals surface area contributed by atoms with Crippen LogP contribution in [0.15, 0.2) is 97.2 Å². The van der Waals surface area contributed by atoms with Crippen LogP contribution in [0, 0.1) is 0 Å². The molecule has 0 heterocycles. The van der Waals surface area contributed by atoms with Gasteiger partial charge in [0.15, 0.2) is 6.10 Å². The SMILES string of the molecule is CC/C=C\C/C=C\C/C=C\C/C=C\CCCCCCCCC(=O)OCC(COC(=O)CCCCCCC/C=C\C/C=C\CC)OC(=O)CCCCCCCCC/C=C\C/C=C\CC. The first kappa shape index (κ1) is 59.3. The van der Waals surface area contributed by atoms with E-state index in [-0.39, 0.29) is 31.1 Å². The zero-order valence-corrected chi connectivity index (χ0v) is 40.8. The molecule has 0 saturated carbocycles. The summed E-state index contributed by atoms with van der Waals surface area (Å²) >= 11 is 0. The Hall–Kier alpha value is -3.67. The minimum Gasteiger partial charge on any atom is -0.462 e. The van der Waals surface area contributed by atoms with Crippen LogP contribution in [0.2, 0.25) is 0 Å². The Kier molecular flexibility index (Phi) is 48.0. The van der Waals surface area contributed by atoms with Gasteiger partial charge in [-0.2, -0.15) is 0 Å². The van der Waals surface area contributed by atoms with E-state index in [1.165, 1.54) is 38.5 Å². The molecule has 1 unspecified atom stereocenters. The van der Waals surface area contributed by atoms with E-state index >= 15 is 0 Å². The molecule has 0 bridgehead atoms. The number of carbonyl (C=O) groups excluding carboxylic acids is 3. The molecule has 0 fully saturated rings. The van der Waals surface area contributed by atoms with E-state index in [0.29, 0.717) is 19.3 Å². The molecular formula is C57H94O6. The molecule has 6 heteroatoms. The van der Waals surface area contributed by atoms with Crippen molar-refractivity contribution < 1.29 is 28.6 Å². The van der Waals surface area contributed by atoms with Crippen molar-refractivity contribution in [1.82, 2.24) is 0 Å². The van der Waals surface area contributed by atoms with Gasteiger partial charge in [-0.25, -0.2) is 0 Å². The molecule has 0 N–H and O–H groups in total. The van der Waals surface area contributed by atoms with Gasteiger partial charge in [0.1, 0.15) is 13.2 Å². The molecule has 0 aromatic carbocycles. The molecule has 1 atom stereocenters.